The van der Waals surface area contributed by atoms with Gasteiger partial charge < -0.3 is 11.1 Å². The lowest BCUT2D eigenvalue weighted by Gasteiger charge is -2.12. The molecule has 16 heavy (non-hydrogen) atoms. The first-order chi connectivity index (χ1) is 7.81. The van der Waals surface area contributed by atoms with Gasteiger partial charge in [-0.3, -0.25) is 4.98 Å². The second-order valence-corrected chi connectivity index (χ2v) is 3.68. The van der Waals surface area contributed by atoms with Crippen LogP contribution in [0.4, 0.5) is 11.4 Å². The van der Waals surface area contributed by atoms with Crippen LogP contribution in [0.5, 0.6) is 0 Å². The Hall–Kier alpha value is -1.87. The predicted octanol–water partition coefficient (Wildman–Crippen LogP) is 2.59. The van der Waals surface area contributed by atoms with Crippen molar-refractivity contribution >= 4 is 11.4 Å². The molecule has 2 aromatic rings. The maximum atomic E-state index is 5.69. The number of hydrogen-bond acceptors (Lipinski definition) is 3. The molecule has 0 aliphatic rings. The summed E-state index contributed by atoms with van der Waals surface area (Å²) in [7, 11) is 0. The summed E-state index contributed by atoms with van der Waals surface area (Å²) in [6.45, 7) is 2.56. The number of pyridine rings is 1. The zero-order valence-electron chi connectivity index (χ0n) is 9.27. The maximum absolute atomic E-state index is 5.69. The van der Waals surface area contributed by atoms with E-state index in [9.17, 15) is 0 Å². The molecule has 0 aliphatic carbocycles. The number of nitrogens with one attached hydrogen (secondary N) is 1. The van der Waals surface area contributed by atoms with Crippen molar-refractivity contribution in [3.05, 3.63) is 53.9 Å². The molecule has 1 heterocycles. The second-order valence-electron chi connectivity index (χ2n) is 3.68. The van der Waals surface area contributed by atoms with Crippen molar-refractivity contribution in [1.82, 2.24) is 4.98 Å². The van der Waals surface area contributed by atoms with Crippen molar-refractivity contribution in [2.45, 2.75) is 13.5 Å². The molecule has 3 N–H and O–H groups in total. The number of para-hydroxylation sites is 1. The number of benzene rings is 1. The first kappa shape index (κ1) is 10.6. The summed E-state index contributed by atoms with van der Waals surface area (Å²) in [5.74, 6) is 0. The van der Waals surface area contributed by atoms with Gasteiger partial charge in [-0.15, -0.1) is 0 Å². The molecule has 2 rings (SSSR count). The number of hydrogen-bond donors (Lipinski definition) is 2. The molecular formula is C13H15N3. The van der Waals surface area contributed by atoms with E-state index in [4.69, 9.17) is 5.73 Å². The molecule has 0 atom stereocenters. The van der Waals surface area contributed by atoms with E-state index in [1.54, 1.807) is 6.20 Å². The zero-order valence-corrected chi connectivity index (χ0v) is 9.27. The van der Waals surface area contributed by atoms with Crippen molar-refractivity contribution in [2.75, 3.05) is 5.32 Å². The van der Waals surface area contributed by atoms with Crippen molar-refractivity contribution in [2.24, 2.45) is 5.73 Å². The molecule has 3 heteroatoms. The van der Waals surface area contributed by atoms with Crippen LogP contribution in [-0.4, -0.2) is 4.98 Å². The van der Waals surface area contributed by atoms with Gasteiger partial charge in [-0.05, 0) is 30.2 Å². The molecule has 1 aromatic carbocycles. The molecular weight excluding hydrogens is 198 g/mol. The number of anilines is 2. The number of nitrogens with two attached hydrogens (primary N) is 1. The number of aromatic nitrogens is 1. The Morgan fingerprint density at radius 3 is 2.75 bits per heavy atom. The Balaban J connectivity index is 2.30. The minimum absolute atomic E-state index is 0.535. The predicted molar refractivity (Wildman–Crippen MR) is 66.6 cm³/mol. The summed E-state index contributed by atoms with van der Waals surface area (Å²) in [6, 6.07) is 10.0. The fourth-order valence-corrected chi connectivity index (χ4v) is 1.58. The molecule has 0 saturated heterocycles. The fourth-order valence-electron chi connectivity index (χ4n) is 1.58. The van der Waals surface area contributed by atoms with Crippen molar-refractivity contribution < 1.29 is 0 Å². The van der Waals surface area contributed by atoms with Crippen LogP contribution < -0.4 is 11.1 Å². The molecule has 0 bridgehead atoms. The third-order valence-corrected chi connectivity index (χ3v) is 2.53. The van der Waals surface area contributed by atoms with Crippen molar-refractivity contribution in [1.29, 1.82) is 0 Å². The highest BCUT2D eigenvalue weighted by Gasteiger charge is 2.01. The molecule has 0 spiro atoms. The highest BCUT2D eigenvalue weighted by atomic mass is 14.9. The molecule has 0 aliphatic heterocycles. The van der Waals surface area contributed by atoms with Gasteiger partial charge in [0.05, 0.1) is 0 Å². The van der Waals surface area contributed by atoms with Gasteiger partial charge in [0, 0.05) is 30.3 Å². The monoisotopic (exact) mass is 213 g/mol. The van der Waals surface area contributed by atoms with Gasteiger partial charge in [-0.2, -0.15) is 0 Å². The topological polar surface area (TPSA) is 50.9 Å². The van der Waals surface area contributed by atoms with E-state index >= 15 is 0 Å². The number of rotatable bonds is 3. The maximum Gasteiger partial charge on any atom is 0.0444 e. The quantitative estimate of drug-likeness (QED) is 0.824. The van der Waals surface area contributed by atoms with Crippen LogP contribution in [0.1, 0.15) is 11.1 Å². The van der Waals surface area contributed by atoms with E-state index in [1.807, 2.05) is 43.5 Å². The summed E-state index contributed by atoms with van der Waals surface area (Å²) >= 11 is 0. The van der Waals surface area contributed by atoms with E-state index in [1.165, 1.54) is 0 Å². The molecule has 82 valence electrons. The van der Waals surface area contributed by atoms with Gasteiger partial charge >= 0.3 is 0 Å². The van der Waals surface area contributed by atoms with Gasteiger partial charge in [-0.1, -0.05) is 18.2 Å². The van der Waals surface area contributed by atoms with Crippen molar-refractivity contribution in [3.63, 3.8) is 0 Å². The lowest BCUT2D eigenvalue weighted by molar-refractivity contribution is 1.07. The summed E-state index contributed by atoms with van der Waals surface area (Å²) in [5.41, 5.74) is 10.0. The van der Waals surface area contributed by atoms with Gasteiger partial charge in [-0.25, -0.2) is 0 Å². The van der Waals surface area contributed by atoms with Crippen LogP contribution in [0.25, 0.3) is 0 Å². The Bertz CT molecular complexity index is 480. The van der Waals surface area contributed by atoms with Gasteiger partial charge in [0.1, 0.15) is 0 Å². The Morgan fingerprint density at radius 1 is 1.19 bits per heavy atom. The molecule has 0 unspecified atom stereocenters. The van der Waals surface area contributed by atoms with Gasteiger partial charge in [0.15, 0.2) is 0 Å². The minimum Gasteiger partial charge on any atom is -0.355 e. The smallest absolute Gasteiger partial charge is 0.0444 e. The second kappa shape index (κ2) is 4.77. The summed E-state index contributed by atoms with van der Waals surface area (Å²) in [5, 5.41) is 3.37. The molecule has 1 aromatic heterocycles. The van der Waals surface area contributed by atoms with Gasteiger partial charge in [0.2, 0.25) is 0 Å². The molecule has 3 nitrogen and oxygen atoms in total. The van der Waals surface area contributed by atoms with E-state index in [0.717, 1.165) is 22.5 Å². The van der Waals surface area contributed by atoms with Crippen LogP contribution in [0, 0.1) is 6.92 Å². The first-order valence-electron chi connectivity index (χ1n) is 5.27. The zero-order chi connectivity index (χ0) is 11.4. The van der Waals surface area contributed by atoms with Crippen LogP contribution in [-0.2, 0) is 6.54 Å². The number of nitrogens with zero attached hydrogens (tertiary/aromatic N) is 1. The van der Waals surface area contributed by atoms with E-state index in [0.29, 0.717) is 6.54 Å². The highest BCUT2D eigenvalue weighted by molar-refractivity contribution is 5.65. The average Bonchev–Trinajstić information content (AvgIpc) is 2.33. The lowest BCUT2D eigenvalue weighted by atomic mass is 10.1. The molecule has 0 fully saturated rings. The fraction of sp³-hybridized carbons (Fsp3) is 0.154. The van der Waals surface area contributed by atoms with Crippen LogP contribution in [0.3, 0.4) is 0 Å². The largest absolute Gasteiger partial charge is 0.355 e. The minimum atomic E-state index is 0.535. The highest BCUT2D eigenvalue weighted by Crippen LogP contribution is 2.22. The number of aryl methyl sites for hydroxylation is 1. The molecule has 0 radical (unpaired) electrons. The Labute approximate surface area is 95.3 Å². The lowest BCUT2D eigenvalue weighted by Crippen LogP contribution is -2.02. The molecule has 0 amide bonds. The van der Waals surface area contributed by atoms with E-state index in [-0.39, 0.29) is 0 Å². The van der Waals surface area contributed by atoms with Crippen LogP contribution in [0.15, 0.2) is 42.7 Å². The first-order valence-corrected chi connectivity index (χ1v) is 5.27. The normalized spacial score (nSPS) is 10.1. The summed E-state index contributed by atoms with van der Waals surface area (Å²) < 4.78 is 0. The van der Waals surface area contributed by atoms with E-state index < -0.39 is 0 Å². The summed E-state index contributed by atoms with van der Waals surface area (Å²) in [4.78, 5) is 4.06. The van der Waals surface area contributed by atoms with Crippen molar-refractivity contribution in [3.8, 4) is 0 Å². The van der Waals surface area contributed by atoms with Gasteiger partial charge in [0.25, 0.3) is 0 Å². The van der Waals surface area contributed by atoms with Crippen LogP contribution in [0.2, 0.25) is 0 Å². The Morgan fingerprint density at radius 2 is 2.00 bits per heavy atom. The standard InChI is InChI=1S/C13H15N3/c1-10-9-15-7-6-12(10)16-13-5-3-2-4-11(13)8-14/h2-7,9H,8,14H2,1H3,(H,15,16). The Kier molecular flexibility index (Phi) is 3.17. The third kappa shape index (κ3) is 2.20. The van der Waals surface area contributed by atoms with E-state index in [2.05, 4.69) is 10.3 Å². The molecule has 0 saturated carbocycles. The SMILES string of the molecule is Cc1cnccc1Nc1ccccc1CN. The average molecular weight is 213 g/mol. The van der Waals surface area contributed by atoms with Crippen LogP contribution >= 0.6 is 0 Å². The third-order valence-electron chi connectivity index (χ3n) is 2.53. The summed E-state index contributed by atoms with van der Waals surface area (Å²) in [6.07, 6.45) is 3.62.